The van der Waals surface area contributed by atoms with Gasteiger partial charge in [0.1, 0.15) is 28.7 Å². The zero-order valence-electron chi connectivity index (χ0n) is 17.3. The quantitative estimate of drug-likeness (QED) is 0.516. The van der Waals surface area contributed by atoms with Crippen LogP contribution < -0.4 is 0 Å². The van der Waals surface area contributed by atoms with Crippen LogP contribution in [0.25, 0.3) is 22.4 Å². The third-order valence-corrected chi connectivity index (χ3v) is 5.14. The molecule has 0 radical (unpaired) electrons. The maximum absolute atomic E-state index is 14.4. The van der Waals surface area contributed by atoms with Crippen LogP contribution >= 0.6 is 0 Å². The van der Waals surface area contributed by atoms with E-state index in [4.69, 9.17) is 4.74 Å². The molecule has 31 heavy (non-hydrogen) atoms. The number of ether oxygens (including phenoxy) is 1. The number of nitrogens with zero attached hydrogens (tertiary/aromatic N) is 5. The Balaban J connectivity index is 0.000000407. The summed E-state index contributed by atoms with van der Waals surface area (Å²) in [6.07, 6.45) is 5.06. The molecule has 0 aliphatic carbocycles. The second kappa shape index (κ2) is 9.22. The average molecular weight is 424 g/mol. The second-order valence-electron chi connectivity index (χ2n) is 7.27. The fourth-order valence-electron chi connectivity index (χ4n) is 3.35. The normalized spacial score (nSPS) is 14.3. The van der Waals surface area contributed by atoms with Gasteiger partial charge in [0.2, 0.25) is 0 Å². The van der Waals surface area contributed by atoms with Gasteiger partial charge in [-0.15, -0.1) is 0 Å². The molecule has 0 unspecified atom stereocenters. The van der Waals surface area contributed by atoms with Crippen LogP contribution in [0.4, 0.5) is 8.78 Å². The van der Waals surface area contributed by atoms with Crippen molar-refractivity contribution in [1.29, 1.82) is 0 Å². The molecule has 0 bridgehead atoms. The largest absolute Gasteiger partial charge is 0.381 e. The minimum Gasteiger partial charge on any atom is -0.381 e. The van der Waals surface area contributed by atoms with Gasteiger partial charge in [-0.1, -0.05) is 0 Å². The van der Waals surface area contributed by atoms with E-state index >= 15 is 0 Å². The molecule has 1 aromatic carbocycles. The Morgan fingerprint density at radius 1 is 1.00 bits per heavy atom. The highest BCUT2D eigenvalue weighted by Gasteiger charge is 2.23. The van der Waals surface area contributed by atoms with Crippen LogP contribution in [0.3, 0.4) is 0 Å². The lowest BCUT2D eigenvalue weighted by Gasteiger charge is -2.21. The number of aromatic amines is 1. The monoisotopic (exact) mass is 424 g/mol. The van der Waals surface area contributed by atoms with E-state index in [-0.39, 0.29) is 11.5 Å². The van der Waals surface area contributed by atoms with Crippen molar-refractivity contribution in [3.63, 3.8) is 0 Å². The highest BCUT2D eigenvalue weighted by molar-refractivity contribution is 5.87. The van der Waals surface area contributed by atoms with E-state index in [9.17, 15) is 8.78 Å². The number of H-pyrrole nitrogens is 1. The van der Waals surface area contributed by atoms with Crippen LogP contribution in [0.2, 0.25) is 0 Å². The van der Waals surface area contributed by atoms with Gasteiger partial charge in [-0.25, -0.2) is 28.7 Å². The van der Waals surface area contributed by atoms with Gasteiger partial charge in [-0.2, -0.15) is 5.10 Å². The summed E-state index contributed by atoms with van der Waals surface area (Å²) in [6.45, 7) is 4.98. The predicted molar refractivity (Wildman–Crippen MR) is 111 cm³/mol. The van der Waals surface area contributed by atoms with Crippen LogP contribution in [-0.4, -0.2) is 43.3 Å². The molecule has 0 amide bonds. The van der Waals surface area contributed by atoms with Crippen molar-refractivity contribution in [3.8, 4) is 11.3 Å². The van der Waals surface area contributed by atoms with Crippen molar-refractivity contribution in [1.82, 2.24) is 30.1 Å². The highest BCUT2D eigenvalue weighted by Crippen LogP contribution is 2.31. The standard InChI is InChI=1S/C19H18F2N4O.C3H4N2/c1-10-11(2)23-19-17(22-10)16(14-4-3-13(20)9-15(14)21)24-18(25-19)12-5-7-26-8-6-12;1-2-4-5-3-1/h3-4,9,12H,5-8H2,1-2H3;1-3H,(H,4,5). The molecule has 1 saturated heterocycles. The van der Waals surface area contributed by atoms with Crippen molar-refractivity contribution in [2.24, 2.45) is 0 Å². The number of benzene rings is 1. The molecule has 4 aromatic rings. The minimum absolute atomic E-state index is 0.124. The van der Waals surface area contributed by atoms with E-state index in [1.807, 2.05) is 19.9 Å². The number of rotatable bonds is 2. The number of hydrogen-bond acceptors (Lipinski definition) is 6. The third-order valence-electron chi connectivity index (χ3n) is 5.14. The molecule has 0 atom stereocenters. The van der Waals surface area contributed by atoms with Crippen molar-refractivity contribution in [2.75, 3.05) is 13.2 Å². The zero-order chi connectivity index (χ0) is 21.8. The zero-order valence-corrected chi connectivity index (χ0v) is 17.3. The lowest BCUT2D eigenvalue weighted by Crippen LogP contribution is -2.17. The maximum atomic E-state index is 14.4. The average Bonchev–Trinajstić information content (AvgIpc) is 3.35. The van der Waals surface area contributed by atoms with E-state index in [2.05, 4.69) is 30.1 Å². The van der Waals surface area contributed by atoms with Crippen LogP contribution in [-0.2, 0) is 4.74 Å². The Kier molecular flexibility index (Phi) is 6.22. The summed E-state index contributed by atoms with van der Waals surface area (Å²) in [6, 6.07) is 5.29. The molecule has 7 nitrogen and oxygen atoms in total. The van der Waals surface area contributed by atoms with E-state index in [1.54, 1.807) is 12.4 Å². The first-order chi connectivity index (χ1) is 15.0. The summed E-state index contributed by atoms with van der Waals surface area (Å²) >= 11 is 0. The van der Waals surface area contributed by atoms with Crippen molar-refractivity contribution in [2.45, 2.75) is 32.6 Å². The number of aryl methyl sites for hydroxylation is 2. The molecule has 1 aliphatic heterocycles. The van der Waals surface area contributed by atoms with Crippen LogP contribution in [0.15, 0.2) is 36.7 Å². The fourth-order valence-corrected chi connectivity index (χ4v) is 3.35. The first-order valence-corrected chi connectivity index (χ1v) is 10.0. The summed E-state index contributed by atoms with van der Waals surface area (Å²) in [5.74, 6) is -0.578. The molecule has 0 saturated carbocycles. The maximum Gasteiger partial charge on any atom is 0.182 e. The molecule has 1 N–H and O–H groups in total. The van der Waals surface area contributed by atoms with Gasteiger partial charge in [0.05, 0.1) is 11.4 Å². The smallest absolute Gasteiger partial charge is 0.182 e. The second-order valence-corrected chi connectivity index (χ2v) is 7.27. The molecule has 1 fully saturated rings. The van der Waals surface area contributed by atoms with E-state index < -0.39 is 11.6 Å². The lowest BCUT2D eigenvalue weighted by atomic mass is 9.99. The number of nitrogens with one attached hydrogen (secondary N) is 1. The Hall–Kier alpha value is -3.33. The topological polar surface area (TPSA) is 89.5 Å². The fraction of sp³-hybridized carbons (Fsp3) is 0.318. The highest BCUT2D eigenvalue weighted by atomic mass is 19.1. The predicted octanol–water partition coefficient (Wildman–Crippen LogP) is 4.29. The van der Waals surface area contributed by atoms with E-state index in [0.29, 0.717) is 35.9 Å². The van der Waals surface area contributed by atoms with Crippen LogP contribution in [0.1, 0.15) is 36.0 Å². The molecular formula is C22H22F2N6O. The molecule has 0 spiro atoms. The molecule has 5 rings (SSSR count). The molecular weight excluding hydrogens is 402 g/mol. The Bertz CT molecular complexity index is 1160. The lowest BCUT2D eigenvalue weighted by molar-refractivity contribution is 0.0836. The van der Waals surface area contributed by atoms with E-state index in [0.717, 1.165) is 30.3 Å². The first-order valence-electron chi connectivity index (χ1n) is 10.0. The van der Waals surface area contributed by atoms with Crippen LogP contribution in [0, 0.1) is 25.5 Å². The molecule has 4 heterocycles. The molecule has 160 valence electrons. The number of aromatic nitrogens is 6. The summed E-state index contributed by atoms with van der Waals surface area (Å²) in [5.41, 5.74) is 2.90. The SMILES string of the molecule is Cc1nc2nc(C3CCOCC3)nc(-c3ccc(F)cc3F)c2nc1C.c1cn[nH]c1. The summed E-state index contributed by atoms with van der Waals surface area (Å²) in [7, 11) is 0. The number of halogens is 2. The van der Waals surface area contributed by atoms with Gasteiger partial charge in [-0.3, -0.25) is 5.10 Å². The summed E-state index contributed by atoms with van der Waals surface area (Å²) < 4.78 is 33.2. The first kappa shape index (κ1) is 20.9. The van der Waals surface area contributed by atoms with Gasteiger partial charge in [-0.05, 0) is 44.9 Å². The van der Waals surface area contributed by atoms with Crippen molar-refractivity contribution >= 4 is 11.2 Å². The van der Waals surface area contributed by atoms with Gasteiger partial charge < -0.3 is 4.74 Å². The van der Waals surface area contributed by atoms with Crippen molar-refractivity contribution < 1.29 is 13.5 Å². The minimum atomic E-state index is -0.678. The van der Waals surface area contributed by atoms with Gasteiger partial charge in [0, 0.05) is 43.2 Å². The Morgan fingerprint density at radius 2 is 1.77 bits per heavy atom. The molecule has 3 aromatic heterocycles. The van der Waals surface area contributed by atoms with Gasteiger partial charge >= 0.3 is 0 Å². The van der Waals surface area contributed by atoms with E-state index in [1.165, 1.54) is 12.1 Å². The van der Waals surface area contributed by atoms with Gasteiger partial charge in [0.25, 0.3) is 0 Å². The summed E-state index contributed by atoms with van der Waals surface area (Å²) in [4.78, 5) is 18.3. The number of hydrogen-bond donors (Lipinski definition) is 1. The molecule has 1 aliphatic rings. The molecule has 9 heteroatoms. The Morgan fingerprint density at radius 3 is 2.42 bits per heavy atom. The Labute approximate surface area is 178 Å². The third kappa shape index (κ3) is 4.72. The van der Waals surface area contributed by atoms with Crippen molar-refractivity contribution in [3.05, 3.63) is 65.5 Å². The number of fused-ring (bicyclic) bond motifs is 1. The summed E-state index contributed by atoms with van der Waals surface area (Å²) in [5, 5.41) is 6.21. The van der Waals surface area contributed by atoms with Gasteiger partial charge in [0.15, 0.2) is 5.65 Å². The van der Waals surface area contributed by atoms with Crippen LogP contribution in [0.5, 0.6) is 0 Å².